The Morgan fingerprint density at radius 3 is 0.993 bits per heavy atom. The van der Waals surface area contributed by atoms with Crippen molar-refractivity contribution < 1.29 is 58.5 Å². The molecule has 4 aliphatic carbocycles. The number of likely N-dealkylation sites (tertiary alicyclic amines) is 4. The molecule has 1 saturated carbocycles. The molecule has 4 saturated heterocycles. The first kappa shape index (κ1) is 106. The lowest BCUT2D eigenvalue weighted by Crippen LogP contribution is -2.59. The average molecular weight is 2000 g/mol. The Hall–Kier alpha value is -11.6. The SMILES string of the molecule is CC1CCC(C2CC=C(c3cnc(-c4ccc(C[C@H](NC(=O)c5ccc(C(C)(C)C)s5)C(=O)N5CC(C(=O)O)C5)cc4)nc3)CC2)CC1.CCCC1CCN(C2CC=C(c3cnc(-c4ccc(CC(NC(=O)c5ccc(C(C)(C)C)s5)C(=O)N5CC(C(=O)O)C5)cc4)nc3)CC2)CC1.CCCCC1CC=C(c2cnc(-c3ccc(C[C@H](NC(=O)c4ccc(C(C)(C)C)s4)C(=O)N4CC(C(=O)O)C4)cc3)nc2)CC1. The van der Waals surface area contributed by atoms with E-state index in [1.165, 1.54) is 168 Å². The van der Waals surface area contributed by atoms with Crippen molar-refractivity contribution in [2.75, 3.05) is 52.4 Å². The Balaban J connectivity index is 0.000000162. The van der Waals surface area contributed by atoms with E-state index in [2.05, 4.69) is 132 Å². The Kier molecular flexibility index (Phi) is 35.1. The predicted octanol–water partition coefficient (Wildman–Crippen LogP) is 21.0. The van der Waals surface area contributed by atoms with Crippen LogP contribution in [-0.2, 0) is 64.3 Å². The van der Waals surface area contributed by atoms with Crippen LogP contribution in [0, 0.1) is 47.3 Å². The number of aliphatic carboxylic acids is 3. The number of unbranched alkanes of at least 4 members (excludes halogenated alkanes) is 1. The first-order valence-electron chi connectivity index (χ1n) is 51.8. The zero-order valence-corrected chi connectivity index (χ0v) is 87.6. The molecule has 5 fully saturated rings. The summed E-state index contributed by atoms with van der Waals surface area (Å²) in [6.07, 6.45) is 44.5. The van der Waals surface area contributed by atoms with Gasteiger partial charge in [0.1, 0.15) is 18.1 Å². The molecule has 0 radical (unpaired) electrons. The van der Waals surface area contributed by atoms with Gasteiger partial charge in [-0.15, -0.1) is 34.0 Å². The zero-order chi connectivity index (χ0) is 102. The number of hydrogen-bond acceptors (Lipinski definition) is 19. The molecule has 6 N–H and O–H groups in total. The maximum atomic E-state index is 13.5. The summed E-state index contributed by atoms with van der Waals surface area (Å²) in [4.78, 5) is 155. The number of amides is 6. The molecule has 0 spiro atoms. The first-order valence-corrected chi connectivity index (χ1v) is 54.2. The van der Waals surface area contributed by atoms with E-state index in [9.17, 15) is 58.5 Å². The molecular formula is C115H143N13O12S3. The van der Waals surface area contributed by atoms with E-state index in [1.54, 1.807) is 18.2 Å². The van der Waals surface area contributed by atoms with Crippen LogP contribution in [0.15, 0.2) is 165 Å². The van der Waals surface area contributed by atoms with Gasteiger partial charge in [-0.2, -0.15) is 0 Å². The van der Waals surface area contributed by atoms with Crippen LogP contribution in [0.2, 0.25) is 0 Å². The van der Waals surface area contributed by atoms with Crippen molar-refractivity contribution in [3.8, 4) is 34.2 Å². The Morgan fingerprint density at radius 1 is 0.371 bits per heavy atom. The minimum Gasteiger partial charge on any atom is -0.481 e. The highest BCUT2D eigenvalue weighted by Crippen LogP contribution is 2.43. The van der Waals surface area contributed by atoms with E-state index >= 15 is 0 Å². The van der Waals surface area contributed by atoms with Gasteiger partial charge in [-0.25, -0.2) is 29.9 Å². The first-order chi connectivity index (χ1) is 68.4. The van der Waals surface area contributed by atoms with Crippen LogP contribution in [0.4, 0.5) is 0 Å². The monoisotopic (exact) mass is 1990 g/mol. The number of carboxylic acids is 3. The minimum atomic E-state index is -0.912. The van der Waals surface area contributed by atoms with Gasteiger partial charge in [-0.05, 0) is 212 Å². The molecule has 9 aromatic rings. The van der Waals surface area contributed by atoms with Gasteiger partial charge in [-0.3, -0.25) is 43.2 Å². The number of benzene rings is 3. The van der Waals surface area contributed by atoms with Crippen molar-refractivity contribution in [3.63, 3.8) is 0 Å². The van der Waals surface area contributed by atoms with Gasteiger partial charge in [0.2, 0.25) is 17.7 Å². The topological polar surface area (TPSA) is 341 Å². The summed E-state index contributed by atoms with van der Waals surface area (Å²) < 4.78 is 0. The van der Waals surface area contributed by atoms with E-state index < -0.39 is 53.8 Å². The van der Waals surface area contributed by atoms with Gasteiger partial charge >= 0.3 is 17.9 Å². The Labute approximate surface area is 854 Å². The minimum absolute atomic E-state index is 0.0850. The highest BCUT2D eigenvalue weighted by atomic mass is 32.1. The van der Waals surface area contributed by atoms with E-state index in [1.807, 2.05) is 128 Å². The molecular weight excluding hydrogens is 1850 g/mol. The summed E-state index contributed by atoms with van der Waals surface area (Å²) in [5.41, 5.74) is 12.3. The summed E-state index contributed by atoms with van der Waals surface area (Å²) in [6, 6.07) is 32.7. The lowest BCUT2D eigenvalue weighted by Gasteiger charge is -2.39. The van der Waals surface area contributed by atoms with Crippen LogP contribution in [0.1, 0.15) is 289 Å². The van der Waals surface area contributed by atoms with E-state index in [0.29, 0.717) is 38.1 Å². The number of nitrogens with one attached hydrogen (secondary N) is 3. The summed E-state index contributed by atoms with van der Waals surface area (Å²) in [5, 5.41) is 36.8. The molecule has 4 unspecified atom stereocenters. The number of allylic oxidation sites excluding steroid dienone is 5. The maximum Gasteiger partial charge on any atom is 0.310 e. The fourth-order valence-electron chi connectivity index (χ4n) is 20.6. The summed E-state index contributed by atoms with van der Waals surface area (Å²) in [7, 11) is 0. The summed E-state index contributed by atoms with van der Waals surface area (Å²) >= 11 is 4.27. The molecule has 143 heavy (non-hydrogen) atoms. The molecule has 10 heterocycles. The highest BCUT2D eigenvalue weighted by Gasteiger charge is 2.43. The van der Waals surface area contributed by atoms with E-state index in [-0.39, 0.29) is 110 Å². The highest BCUT2D eigenvalue weighted by molar-refractivity contribution is 7.14. The number of hydrogen-bond donors (Lipinski definition) is 6. The molecule has 6 atom stereocenters. The quantitative estimate of drug-likeness (QED) is 0.0235. The number of thiophene rings is 3. The Morgan fingerprint density at radius 2 is 0.706 bits per heavy atom. The van der Waals surface area contributed by atoms with Crippen molar-refractivity contribution >= 4 is 104 Å². The molecule has 8 aliphatic rings. The molecule has 6 aromatic heterocycles. The largest absolute Gasteiger partial charge is 0.481 e. The predicted molar refractivity (Wildman–Crippen MR) is 566 cm³/mol. The van der Waals surface area contributed by atoms with Gasteiger partial charge in [0, 0.05) is 150 Å². The molecule has 28 heteroatoms. The lowest BCUT2D eigenvalue weighted by molar-refractivity contribution is -0.155. The third-order valence-electron chi connectivity index (χ3n) is 30.1. The second-order valence-electron chi connectivity index (χ2n) is 44.0. The molecule has 0 bridgehead atoms. The number of carbonyl (C=O) groups excluding carboxylic acids is 6. The van der Waals surface area contributed by atoms with Crippen LogP contribution >= 0.6 is 34.0 Å². The van der Waals surface area contributed by atoms with Crippen molar-refractivity contribution in [2.24, 2.45) is 47.3 Å². The van der Waals surface area contributed by atoms with Crippen LogP contribution in [-0.4, -0.2) is 195 Å². The van der Waals surface area contributed by atoms with Gasteiger partial charge in [0.25, 0.3) is 17.7 Å². The second kappa shape index (κ2) is 47.5. The number of carboxylic acid groups (broad SMARTS) is 3. The average Bonchev–Trinajstić information content (AvgIpc) is 1.47. The van der Waals surface area contributed by atoms with Crippen LogP contribution in [0.3, 0.4) is 0 Å². The summed E-state index contributed by atoms with van der Waals surface area (Å²) in [6.45, 7) is 29.2. The number of piperidine rings is 1. The molecule has 4 aliphatic heterocycles. The Bertz CT molecular complexity index is 6010. The smallest absolute Gasteiger partial charge is 0.310 e. The van der Waals surface area contributed by atoms with Gasteiger partial charge < -0.3 is 50.9 Å². The van der Waals surface area contributed by atoms with Crippen molar-refractivity contribution in [1.82, 2.24) is 65.5 Å². The number of rotatable bonds is 31. The van der Waals surface area contributed by atoms with Crippen LogP contribution in [0.25, 0.3) is 50.9 Å². The lowest BCUT2D eigenvalue weighted by atomic mass is 9.71. The number of aromatic nitrogens is 6. The third-order valence-corrected chi connectivity index (χ3v) is 34.6. The number of nitrogens with zero attached hydrogens (tertiary/aromatic N) is 10. The second-order valence-corrected chi connectivity index (χ2v) is 47.2. The van der Waals surface area contributed by atoms with Gasteiger partial charge in [0.05, 0.1) is 32.4 Å². The standard InChI is InChI=1S/C40H51N5O4S.C39H48N4O4S.C36H44N4O4S/c1-5-6-26-17-19-44(20-18-26)32-13-11-28(12-14-32)30-22-41-36(42-23-30)29-9-7-27(8-10-29)21-33(38(47)45-24-31(25-45)39(48)49)43-37(46)34-15-16-35(50-34)40(2,3)4;1-24-5-9-26(10-6-24)27-13-15-28(16-14-27)30-20-40-35(41-21-30)29-11-7-25(8-12-29)19-32(37(45)43-22-31(23-43)38(46)47)42-36(44)33-17-18-34(48-33)39(2,3)4;1-5-6-7-23-8-12-25(13-9-23)27-19-37-32(38-20-27)26-14-10-24(11-15-26)18-29(34(42)40-21-28(22-40)35(43)44)39-33(41)30-16-17-31(45-30)36(2,3)4/h7-11,15-16,22-23,26,31-33H,5-6,12-14,17-21,24-25H2,1-4H3,(H,43,46)(H,48,49);7-8,11-12,15,17-18,20-21,24,26-27,31-32H,5-6,9-10,13-14,16,19,22-23H2,1-4H3,(H,42,44)(H,46,47);10-12,14-17,19-20,23,28-29H,5-9,13,18,21-22H2,1-4H3,(H,39,41)(H,43,44)/t;24?,26?,27?,32-;23?,29-/m.00/s1. The van der Waals surface area contributed by atoms with Crippen molar-refractivity contribution in [1.29, 1.82) is 0 Å². The van der Waals surface area contributed by atoms with E-state index in [4.69, 9.17) is 19.9 Å². The molecule has 25 nitrogen and oxygen atoms in total. The van der Waals surface area contributed by atoms with Gasteiger partial charge in [-0.1, -0.05) is 219 Å². The molecule has 758 valence electrons. The number of carbonyl (C=O) groups is 9. The van der Waals surface area contributed by atoms with Crippen molar-refractivity contribution in [2.45, 2.75) is 271 Å². The van der Waals surface area contributed by atoms with Gasteiger partial charge in [0.15, 0.2) is 17.5 Å². The fourth-order valence-corrected chi connectivity index (χ4v) is 23.5. The van der Waals surface area contributed by atoms with Crippen LogP contribution in [0.5, 0.6) is 0 Å². The van der Waals surface area contributed by atoms with E-state index in [0.717, 1.165) is 133 Å². The summed E-state index contributed by atoms with van der Waals surface area (Å²) in [5.74, 6) is 0.0290. The molecule has 6 amide bonds. The normalized spacial score (nSPS) is 20.0. The maximum absolute atomic E-state index is 13.5. The fraction of sp³-hybridized carbons (Fsp3) is 0.504. The zero-order valence-electron chi connectivity index (χ0n) is 85.1. The molecule has 3 aromatic carbocycles. The molecule has 17 rings (SSSR count). The van der Waals surface area contributed by atoms with Crippen LogP contribution < -0.4 is 16.0 Å². The third kappa shape index (κ3) is 27.7. The van der Waals surface area contributed by atoms with Crippen molar-refractivity contribution in [3.05, 3.63) is 227 Å².